The lowest BCUT2D eigenvalue weighted by Crippen LogP contribution is -2.37. The molecular weight excluding hydrogens is 324 g/mol. The highest BCUT2D eigenvalue weighted by molar-refractivity contribution is 9.10. The Morgan fingerprint density at radius 1 is 1.14 bits per heavy atom. The van der Waals surface area contributed by atoms with E-state index in [2.05, 4.69) is 69.6 Å². The Balaban J connectivity index is 1.67. The van der Waals surface area contributed by atoms with Gasteiger partial charge in [0.25, 0.3) is 0 Å². The molecular formula is C18H23BrN2. The number of benzene rings is 2. The zero-order valence-electron chi connectivity index (χ0n) is 12.6. The molecule has 0 spiro atoms. The lowest BCUT2D eigenvalue weighted by Gasteiger charge is -2.32. The normalized spacial score (nSPS) is 19.8. The predicted octanol–water partition coefficient (Wildman–Crippen LogP) is 4.89. The van der Waals surface area contributed by atoms with Crippen molar-refractivity contribution in [2.45, 2.75) is 31.7 Å². The summed E-state index contributed by atoms with van der Waals surface area (Å²) in [7, 11) is 2.26. The number of hydrogen-bond donors (Lipinski definition) is 1. The first kappa shape index (κ1) is 14.9. The Bertz CT molecular complexity index is 611. The van der Waals surface area contributed by atoms with Crippen molar-refractivity contribution in [3.05, 3.63) is 40.9 Å². The SMILES string of the molecule is CN1CCCCC1CCNc1ccc(Br)c2ccccc12. The Hall–Kier alpha value is -1.06. The van der Waals surface area contributed by atoms with Crippen molar-refractivity contribution in [1.82, 2.24) is 4.90 Å². The Morgan fingerprint density at radius 3 is 2.76 bits per heavy atom. The van der Waals surface area contributed by atoms with Crippen molar-refractivity contribution in [1.29, 1.82) is 0 Å². The summed E-state index contributed by atoms with van der Waals surface area (Å²) in [6.07, 6.45) is 5.31. The molecule has 1 aliphatic heterocycles. The fraction of sp³-hybridized carbons (Fsp3) is 0.444. The summed E-state index contributed by atoms with van der Waals surface area (Å²) in [5.41, 5.74) is 1.24. The van der Waals surface area contributed by atoms with Crippen LogP contribution in [0.15, 0.2) is 40.9 Å². The third kappa shape index (κ3) is 3.41. The molecule has 1 unspecified atom stereocenters. The minimum absolute atomic E-state index is 0.743. The highest BCUT2D eigenvalue weighted by Crippen LogP contribution is 2.30. The summed E-state index contributed by atoms with van der Waals surface area (Å²) in [6, 6.07) is 13.6. The average molecular weight is 347 g/mol. The molecule has 2 aromatic carbocycles. The minimum atomic E-state index is 0.743. The van der Waals surface area contributed by atoms with Crippen molar-refractivity contribution in [3.8, 4) is 0 Å². The van der Waals surface area contributed by atoms with Crippen molar-refractivity contribution in [2.75, 3.05) is 25.5 Å². The Morgan fingerprint density at radius 2 is 1.95 bits per heavy atom. The molecule has 1 aliphatic rings. The number of likely N-dealkylation sites (tertiary alicyclic amines) is 1. The lowest BCUT2D eigenvalue weighted by atomic mass is 10.00. The Kier molecular flexibility index (Phi) is 4.81. The van der Waals surface area contributed by atoms with Crippen LogP contribution in [-0.4, -0.2) is 31.1 Å². The van der Waals surface area contributed by atoms with Gasteiger partial charge >= 0.3 is 0 Å². The van der Waals surface area contributed by atoms with E-state index in [0.29, 0.717) is 0 Å². The van der Waals surface area contributed by atoms with Crippen molar-refractivity contribution in [2.24, 2.45) is 0 Å². The standard InChI is InChI=1S/C18H23BrN2/c1-21-13-5-4-6-14(21)11-12-20-18-10-9-17(19)15-7-2-3-8-16(15)18/h2-3,7-10,14,20H,4-6,11-13H2,1H3. The molecule has 0 aliphatic carbocycles. The van der Waals surface area contributed by atoms with Gasteiger partial charge in [0.1, 0.15) is 0 Å². The molecule has 21 heavy (non-hydrogen) atoms. The average Bonchev–Trinajstić information content (AvgIpc) is 2.52. The van der Waals surface area contributed by atoms with Gasteiger partial charge in [0.15, 0.2) is 0 Å². The summed E-state index contributed by atoms with van der Waals surface area (Å²) in [5, 5.41) is 6.21. The summed E-state index contributed by atoms with van der Waals surface area (Å²) >= 11 is 3.64. The second-order valence-corrected chi connectivity index (χ2v) is 6.84. The molecule has 1 fully saturated rings. The maximum Gasteiger partial charge on any atom is 0.0420 e. The van der Waals surface area contributed by atoms with Crippen molar-refractivity contribution < 1.29 is 0 Å². The van der Waals surface area contributed by atoms with E-state index in [9.17, 15) is 0 Å². The van der Waals surface area contributed by atoms with Crippen LogP contribution in [0, 0.1) is 0 Å². The smallest absolute Gasteiger partial charge is 0.0420 e. The first-order valence-corrected chi connectivity index (χ1v) is 8.66. The molecule has 0 bridgehead atoms. The van der Waals surface area contributed by atoms with Gasteiger partial charge in [0.2, 0.25) is 0 Å². The van der Waals surface area contributed by atoms with Crippen molar-refractivity contribution >= 4 is 32.4 Å². The minimum Gasteiger partial charge on any atom is -0.384 e. The first-order valence-electron chi connectivity index (χ1n) is 7.87. The summed E-state index contributed by atoms with van der Waals surface area (Å²) in [5.74, 6) is 0. The second-order valence-electron chi connectivity index (χ2n) is 5.99. The summed E-state index contributed by atoms with van der Waals surface area (Å²) in [6.45, 7) is 2.30. The molecule has 0 amide bonds. The molecule has 2 nitrogen and oxygen atoms in total. The van der Waals surface area contributed by atoms with E-state index in [1.165, 1.54) is 48.7 Å². The summed E-state index contributed by atoms with van der Waals surface area (Å²) < 4.78 is 1.16. The number of anilines is 1. The number of piperidine rings is 1. The van der Waals surface area contributed by atoms with Gasteiger partial charge in [-0.25, -0.2) is 0 Å². The van der Waals surface area contributed by atoms with Gasteiger partial charge < -0.3 is 10.2 Å². The zero-order valence-corrected chi connectivity index (χ0v) is 14.2. The molecule has 0 aromatic heterocycles. The van der Waals surface area contributed by atoms with E-state index in [1.807, 2.05) is 0 Å². The molecule has 1 saturated heterocycles. The second kappa shape index (κ2) is 6.80. The zero-order chi connectivity index (χ0) is 14.7. The van der Waals surface area contributed by atoms with E-state index < -0.39 is 0 Å². The van der Waals surface area contributed by atoms with Crippen LogP contribution < -0.4 is 5.32 Å². The number of hydrogen-bond acceptors (Lipinski definition) is 2. The summed E-state index contributed by atoms with van der Waals surface area (Å²) in [4.78, 5) is 2.52. The maximum absolute atomic E-state index is 3.64. The highest BCUT2D eigenvalue weighted by Gasteiger charge is 2.18. The van der Waals surface area contributed by atoms with Gasteiger partial charge in [-0.3, -0.25) is 0 Å². The third-order valence-electron chi connectivity index (χ3n) is 4.59. The van der Waals surface area contributed by atoms with Gasteiger partial charge in [0.05, 0.1) is 0 Å². The molecule has 112 valence electrons. The molecule has 1 atom stereocenters. The van der Waals surface area contributed by atoms with Crippen LogP contribution in [0.25, 0.3) is 10.8 Å². The molecule has 1 heterocycles. The largest absolute Gasteiger partial charge is 0.384 e. The van der Waals surface area contributed by atoms with E-state index in [4.69, 9.17) is 0 Å². The highest BCUT2D eigenvalue weighted by atomic mass is 79.9. The van der Waals surface area contributed by atoms with E-state index in [-0.39, 0.29) is 0 Å². The van der Waals surface area contributed by atoms with Crippen LogP contribution in [0.5, 0.6) is 0 Å². The van der Waals surface area contributed by atoms with Crippen LogP contribution in [0.4, 0.5) is 5.69 Å². The maximum atomic E-state index is 3.64. The number of fused-ring (bicyclic) bond motifs is 1. The molecule has 3 heteroatoms. The van der Waals surface area contributed by atoms with Crippen molar-refractivity contribution in [3.63, 3.8) is 0 Å². The van der Waals surface area contributed by atoms with Crippen LogP contribution >= 0.6 is 15.9 Å². The predicted molar refractivity (Wildman–Crippen MR) is 95.0 cm³/mol. The number of nitrogens with one attached hydrogen (secondary N) is 1. The molecule has 0 saturated carbocycles. The molecule has 0 radical (unpaired) electrons. The van der Waals surface area contributed by atoms with Crippen LogP contribution in [0.2, 0.25) is 0 Å². The van der Waals surface area contributed by atoms with Gasteiger partial charge in [-0.1, -0.05) is 46.6 Å². The lowest BCUT2D eigenvalue weighted by molar-refractivity contribution is 0.179. The Labute approximate surface area is 135 Å². The van der Waals surface area contributed by atoms with Gasteiger partial charge in [-0.05, 0) is 50.4 Å². The fourth-order valence-electron chi connectivity index (χ4n) is 3.30. The van der Waals surface area contributed by atoms with E-state index >= 15 is 0 Å². The van der Waals surface area contributed by atoms with Crippen LogP contribution in [0.1, 0.15) is 25.7 Å². The molecule has 1 N–H and O–H groups in total. The number of halogens is 1. The number of rotatable bonds is 4. The number of nitrogens with zero attached hydrogens (tertiary/aromatic N) is 1. The van der Waals surface area contributed by atoms with Gasteiger partial charge in [-0.2, -0.15) is 0 Å². The topological polar surface area (TPSA) is 15.3 Å². The molecule has 3 rings (SSSR count). The first-order chi connectivity index (χ1) is 10.3. The molecule has 2 aromatic rings. The van der Waals surface area contributed by atoms with Crippen LogP contribution in [-0.2, 0) is 0 Å². The van der Waals surface area contributed by atoms with E-state index in [0.717, 1.165) is 17.1 Å². The van der Waals surface area contributed by atoms with Gasteiger partial charge in [0, 0.05) is 28.1 Å². The van der Waals surface area contributed by atoms with Crippen LogP contribution in [0.3, 0.4) is 0 Å². The fourth-order valence-corrected chi connectivity index (χ4v) is 3.78. The van der Waals surface area contributed by atoms with Gasteiger partial charge in [-0.15, -0.1) is 0 Å². The van der Waals surface area contributed by atoms with E-state index in [1.54, 1.807) is 0 Å². The quantitative estimate of drug-likeness (QED) is 0.847. The third-order valence-corrected chi connectivity index (χ3v) is 5.28. The monoisotopic (exact) mass is 346 g/mol.